The summed E-state index contributed by atoms with van der Waals surface area (Å²) in [6.45, 7) is 3.00. The smallest absolute Gasteiger partial charge is 0.358 e. The predicted octanol–water partition coefficient (Wildman–Crippen LogP) is -0.513. The van der Waals surface area contributed by atoms with Crippen LogP contribution in [0.5, 0.6) is 0 Å². The zero-order valence-corrected chi connectivity index (χ0v) is 10.7. The number of rotatable bonds is 5. The predicted molar refractivity (Wildman–Crippen MR) is 65.5 cm³/mol. The molecule has 8 nitrogen and oxygen atoms in total. The molecule has 0 spiro atoms. The summed E-state index contributed by atoms with van der Waals surface area (Å²) in [5.74, 6) is -1.07. The maximum absolute atomic E-state index is 11.8. The van der Waals surface area contributed by atoms with Crippen molar-refractivity contribution in [3.63, 3.8) is 0 Å². The van der Waals surface area contributed by atoms with Gasteiger partial charge in [0.1, 0.15) is 0 Å². The highest BCUT2D eigenvalue weighted by atomic mass is 16.4. The second kappa shape index (κ2) is 5.35. The van der Waals surface area contributed by atoms with E-state index in [1.165, 1.54) is 10.9 Å². The van der Waals surface area contributed by atoms with Gasteiger partial charge in [0.25, 0.3) is 0 Å². The summed E-state index contributed by atoms with van der Waals surface area (Å²) < 4.78 is 1.49. The van der Waals surface area contributed by atoms with Crippen LogP contribution in [0.15, 0.2) is 6.20 Å². The molecule has 0 radical (unpaired) electrons. The van der Waals surface area contributed by atoms with Crippen LogP contribution in [0, 0.1) is 0 Å². The number of carbonyl (C=O) groups is 2. The van der Waals surface area contributed by atoms with E-state index < -0.39 is 5.97 Å². The number of nitrogens with zero attached hydrogens (tertiary/aromatic N) is 4. The van der Waals surface area contributed by atoms with Gasteiger partial charge in [-0.05, 0) is 6.42 Å². The standard InChI is InChI=1S/C11H17N5O3/c1-2-7(12)3-10(17)15-4-8(5-15)16-6-9(11(18)19)13-14-16/h6-8H,2-5,12H2,1H3,(H,18,19). The van der Waals surface area contributed by atoms with Crippen LogP contribution < -0.4 is 5.73 Å². The maximum atomic E-state index is 11.8. The van der Waals surface area contributed by atoms with Gasteiger partial charge < -0.3 is 15.7 Å². The van der Waals surface area contributed by atoms with E-state index in [1.54, 1.807) is 4.90 Å². The van der Waals surface area contributed by atoms with E-state index in [0.717, 1.165) is 6.42 Å². The van der Waals surface area contributed by atoms with Crippen LogP contribution in [-0.2, 0) is 4.79 Å². The summed E-state index contributed by atoms with van der Waals surface area (Å²) in [6, 6.07) is -0.0982. The summed E-state index contributed by atoms with van der Waals surface area (Å²) >= 11 is 0. The summed E-state index contributed by atoms with van der Waals surface area (Å²) in [5, 5.41) is 16.0. The number of carbonyl (C=O) groups excluding carboxylic acids is 1. The molecule has 1 amide bonds. The Balaban J connectivity index is 1.85. The van der Waals surface area contributed by atoms with E-state index >= 15 is 0 Å². The number of amides is 1. The van der Waals surface area contributed by atoms with Crippen molar-refractivity contribution >= 4 is 11.9 Å². The SMILES string of the molecule is CCC(N)CC(=O)N1CC(n2cc(C(=O)O)nn2)C1. The van der Waals surface area contributed by atoms with Gasteiger partial charge in [-0.2, -0.15) is 0 Å². The van der Waals surface area contributed by atoms with Crippen molar-refractivity contribution in [1.29, 1.82) is 0 Å². The Hall–Kier alpha value is -1.96. The molecule has 2 rings (SSSR count). The van der Waals surface area contributed by atoms with Crippen LogP contribution in [0.2, 0.25) is 0 Å². The Morgan fingerprint density at radius 2 is 2.26 bits per heavy atom. The number of carboxylic acid groups (broad SMARTS) is 1. The number of likely N-dealkylation sites (tertiary alicyclic amines) is 1. The number of aromatic carboxylic acids is 1. The molecule has 0 aliphatic carbocycles. The Bertz CT molecular complexity index is 480. The average Bonchev–Trinajstić information content (AvgIpc) is 2.76. The molecule has 1 atom stereocenters. The third kappa shape index (κ3) is 2.90. The average molecular weight is 267 g/mol. The molecule has 3 N–H and O–H groups in total. The molecule has 104 valence electrons. The Morgan fingerprint density at radius 1 is 1.58 bits per heavy atom. The summed E-state index contributed by atoms with van der Waals surface area (Å²) in [6.07, 6.45) is 2.50. The molecule has 1 aromatic rings. The third-order valence-corrected chi connectivity index (χ3v) is 3.28. The fourth-order valence-corrected chi connectivity index (χ4v) is 1.88. The van der Waals surface area contributed by atoms with Gasteiger partial charge in [0.15, 0.2) is 5.69 Å². The van der Waals surface area contributed by atoms with Gasteiger partial charge in [0.2, 0.25) is 5.91 Å². The summed E-state index contributed by atoms with van der Waals surface area (Å²) in [5.41, 5.74) is 5.65. The van der Waals surface area contributed by atoms with E-state index in [4.69, 9.17) is 10.8 Å². The molecular formula is C11H17N5O3. The summed E-state index contributed by atoms with van der Waals surface area (Å²) in [7, 11) is 0. The zero-order chi connectivity index (χ0) is 14.0. The highest BCUT2D eigenvalue weighted by molar-refractivity contribution is 5.84. The third-order valence-electron chi connectivity index (χ3n) is 3.28. The van der Waals surface area contributed by atoms with Gasteiger partial charge in [0.05, 0.1) is 12.2 Å². The minimum absolute atomic E-state index is 0.00222. The van der Waals surface area contributed by atoms with Gasteiger partial charge >= 0.3 is 5.97 Å². The van der Waals surface area contributed by atoms with E-state index in [0.29, 0.717) is 19.5 Å². The molecule has 1 aliphatic heterocycles. The van der Waals surface area contributed by atoms with Crippen LogP contribution in [0.1, 0.15) is 36.3 Å². The first-order chi connectivity index (χ1) is 9.01. The first-order valence-corrected chi connectivity index (χ1v) is 6.19. The molecule has 1 unspecified atom stereocenters. The van der Waals surface area contributed by atoms with Crippen LogP contribution in [0.4, 0.5) is 0 Å². The number of aromatic nitrogens is 3. The molecule has 1 fully saturated rings. The maximum Gasteiger partial charge on any atom is 0.358 e. The largest absolute Gasteiger partial charge is 0.476 e. The van der Waals surface area contributed by atoms with E-state index in [9.17, 15) is 9.59 Å². The van der Waals surface area contributed by atoms with Crippen LogP contribution >= 0.6 is 0 Å². The zero-order valence-electron chi connectivity index (χ0n) is 10.7. The first-order valence-electron chi connectivity index (χ1n) is 6.19. The molecule has 1 aliphatic rings. The molecule has 0 saturated carbocycles. The summed E-state index contributed by atoms with van der Waals surface area (Å²) in [4.78, 5) is 24.2. The minimum atomic E-state index is -1.10. The number of carboxylic acids is 1. The lowest BCUT2D eigenvalue weighted by Gasteiger charge is -2.39. The van der Waals surface area contributed by atoms with Crippen molar-refractivity contribution in [2.24, 2.45) is 5.73 Å². The molecule has 8 heteroatoms. The van der Waals surface area contributed by atoms with E-state index in [-0.39, 0.29) is 23.7 Å². The van der Waals surface area contributed by atoms with Crippen LogP contribution in [0.3, 0.4) is 0 Å². The van der Waals surface area contributed by atoms with Crippen molar-refractivity contribution in [3.05, 3.63) is 11.9 Å². The normalized spacial score (nSPS) is 17.1. The molecule has 19 heavy (non-hydrogen) atoms. The van der Waals surface area contributed by atoms with E-state index in [1.807, 2.05) is 6.92 Å². The minimum Gasteiger partial charge on any atom is -0.476 e. The second-order valence-electron chi connectivity index (χ2n) is 4.71. The molecule has 1 saturated heterocycles. The lowest BCUT2D eigenvalue weighted by molar-refractivity contribution is -0.137. The van der Waals surface area contributed by atoms with Gasteiger partial charge in [-0.15, -0.1) is 5.10 Å². The molecule has 0 aromatic carbocycles. The quantitative estimate of drug-likeness (QED) is 0.742. The number of nitrogens with two attached hydrogens (primary N) is 1. The topological polar surface area (TPSA) is 114 Å². The Kier molecular flexibility index (Phi) is 3.79. The van der Waals surface area contributed by atoms with Gasteiger partial charge in [-0.25, -0.2) is 9.48 Å². The van der Waals surface area contributed by atoms with Gasteiger partial charge in [0, 0.05) is 25.6 Å². The Morgan fingerprint density at radius 3 is 2.79 bits per heavy atom. The van der Waals surface area contributed by atoms with Gasteiger partial charge in [-0.3, -0.25) is 4.79 Å². The van der Waals surface area contributed by atoms with E-state index in [2.05, 4.69) is 10.3 Å². The van der Waals surface area contributed by atoms with Crippen molar-refractivity contribution in [1.82, 2.24) is 19.9 Å². The lowest BCUT2D eigenvalue weighted by atomic mass is 10.1. The van der Waals surface area contributed by atoms with Crippen molar-refractivity contribution in [3.8, 4) is 0 Å². The second-order valence-corrected chi connectivity index (χ2v) is 4.71. The number of hydrogen-bond donors (Lipinski definition) is 2. The van der Waals surface area contributed by atoms with Crippen molar-refractivity contribution < 1.29 is 14.7 Å². The van der Waals surface area contributed by atoms with Crippen LogP contribution in [0.25, 0.3) is 0 Å². The lowest BCUT2D eigenvalue weighted by Crippen LogP contribution is -2.51. The highest BCUT2D eigenvalue weighted by Crippen LogP contribution is 2.21. The molecule has 2 heterocycles. The monoisotopic (exact) mass is 267 g/mol. The fraction of sp³-hybridized carbons (Fsp3) is 0.636. The molecule has 1 aromatic heterocycles. The van der Waals surface area contributed by atoms with Crippen LogP contribution in [-0.4, -0.2) is 56.0 Å². The van der Waals surface area contributed by atoms with Crippen molar-refractivity contribution in [2.75, 3.05) is 13.1 Å². The first kappa shape index (κ1) is 13.5. The Labute approximate surface area is 110 Å². The van der Waals surface area contributed by atoms with Gasteiger partial charge in [-0.1, -0.05) is 12.1 Å². The fourth-order valence-electron chi connectivity index (χ4n) is 1.88. The molecular weight excluding hydrogens is 250 g/mol. The highest BCUT2D eigenvalue weighted by Gasteiger charge is 2.33. The molecule has 0 bridgehead atoms. The number of hydrogen-bond acceptors (Lipinski definition) is 5. The van der Waals surface area contributed by atoms with Crippen molar-refractivity contribution in [2.45, 2.75) is 31.8 Å².